The Kier molecular flexibility index (Phi) is 5.40. The van der Waals surface area contributed by atoms with E-state index in [2.05, 4.69) is 28.8 Å². The first-order chi connectivity index (χ1) is 13.9. The molecule has 3 heterocycles. The molecule has 0 spiro atoms. The second-order valence-electron chi connectivity index (χ2n) is 8.05. The Hall–Kier alpha value is -2.32. The normalized spacial score (nSPS) is 21.4. The number of aromatic nitrogens is 3. The number of aryl methyl sites for hydroxylation is 1. The molecule has 7 nitrogen and oxygen atoms in total. The minimum atomic E-state index is -0.144. The van der Waals surface area contributed by atoms with Crippen LogP contribution < -0.4 is 9.47 Å². The van der Waals surface area contributed by atoms with Gasteiger partial charge in [0.1, 0.15) is 17.3 Å². The Balaban J connectivity index is 1.87. The molecular formula is C21H28N4O3S. The van der Waals surface area contributed by atoms with E-state index in [0.717, 1.165) is 35.0 Å². The van der Waals surface area contributed by atoms with Crippen molar-refractivity contribution in [3.8, 4) is 17.4 Å². The van der Waals surface area contributed by atoms with Crippen molar-refractivity contribution in [3.05, 3.63) is 34.5 Å². The molecule has 1 fully saturated rings. The predicted molar refractivity (Wildman–Crippen MR) is 113 cm³/mol. The number of rotatable bonds is 5. The molecule has 8 heteroatoms. The molecule has 4 rings (SSSR count). The van der Waals surface area contributed by atoms with Gasteiger partial charge in [-0.3, -0.25) is 4.90 Å². The highest BCUT2D eigenvalue weighted by Crippen LogP contribution is 2.45. The van der Waals surface area contributed by atoms with Crippen LogP contribution in [0.1, 0.15) is 42.6 Å². The first kappa shape index (κ1) is 20.0. The molecule has 1 saturated heterocycles. The van der Waals surface area contributed by atoms with Crippen molar-refractivity contribution in [2.45, 2.75) is 33.2 Å². The zero-order valence-corrected chi connectivity index (χ0v) is 18.4. The summed E-state index contributed by atoms with van der Waals surface area (Å²) in [5.74, 6) is 3.45. The highest BCUT2D eigenvalue weighted by atomic mass is 32.1. The summed E-state index contributed by atoms with van der Waals surface area (Å²) in [5.41, 5.74) is 1.01. The smallest absolute Gasteiger partial charge is 0.230 e. The lowest BCUT2D eigenvalue weighted by Gasteiger charge is -2.40. The summed E-state index contributed by atoms with van der Waals surface area (Å²) in [7, 11) is 3.32. The van der Waals surface area contributed by atoms with Crippen LogP contribution in [0.5, 0.6) is 17.4 Å². The number of fused-ring (bicyclic) bond motifs is 1. The van der Waals surface area contributed by atoms with Gasteiger partial charge in [-0.05, 0) is 37.3 Å². The van der Waals surface area contributed by atoms with Gasteiger partial charge in [0, 0.05) is 24.7 Å². The van der Waals surface area contributed by atoms with Crippen LogP contribution in [-0.4, -0.2) is 51.9 Å². The third kappa shape index (κ3) is 3.67. The van der Waals surface area contributed by atoms with Gasteiger partial charge in [-0.1, -0.05) is 25.2 Å². The fraction of sp³-hybridized carbons (Fsp3) is 0.524. The third-order valence-electron chi connectivity index (χ3n) is 5.55. The number of hydrogen-bond acceptors (Lipinski definition) is 7. The molecule has 1 N–H and O–H groups in total. The van der Waals surface area contributed by atoms with Crippen molar-refractivity contribution in [2.75, 3.05) is 27.3 Å². The number of nitrogens with zero attached hydrogens (tertiary/aromatic N) is 4. The Morgan fingerprint density at radius 1 is 1.17 bits per heavy atom. The first-order valence-corrected chi connectivity index (χ1v) is 10.7. The number of aromatic hydroxyl groups is 1. The van der Waals surface area contributed by atoms with Crippen LogP contribution in [0.15, 0.2) is 18.2 Å². The molecule has 0 radical (unpaired) electrons. The Morgan fingerprint density at radius 3 is 2.52 bits per heavy atom. The topological polar surface area (TPSA) is 72.1 Å². The van der Waals surface area contributed by atoms with Gasteiger partial charge in [0.2, 0.25) is 10.8 Å². The molecule has 29 heavy (non-hydrogen) atoms. The van der Waals surface area contributed by atoms with Crippen molar-refractivity contribution in [3.63, 3.8) is 0 Å². The van der Waals surface area contributed by atoms with E-state index in [1.165, 1.54) is 22.3 Å². The Morgan fingerprint density at radius 2 is 1.90 bits per heavy atom. The van der Waals surface area contributed by atoms with Crippen molar-refractivity contribution in [1.82, 2.24) is 19.5 Å². The minimum absolute atomic E-state index is 0.144. The van der Waals surface area contributed by atoms with Crippen LogP contribution >= 0.6 is 11.3 Å². The maximum Gasteiger partial charge on any atom is 0.230 e. The lowest BCUT2D eigenvalue weighted by Crippen LogP contribution is -2.41. The van der Waals surface area contributed by atoms with Gasteiger partial charge in [0.25, 0.3) is 0 Å². The molecule has 0 unspecified atom stereocenters. The second-order valence-corrected chi connectivity index (χ2v) is 9.06. The van der Waals surface area contributed by atoms with E-state index in [1.807, 2.05) is 25.1 Å². The van der Waals surface area contributed by atoms with Crippen LogP contribution in [0, 0.1) is 18.8 Å². The van der Waals surface area contributed by atoms with Crippen molar-refractivity contribution in [1.29, 1.82) is 0 Å². The molecule has 1 aliphatic rings. The monoisotopic (exact) mass is 416 g/mol. The molecule has 0 saturated carbocycles. The predicted octanol–water partition coefficient (Wildman–Crippen LogP) is 3.89. The number of thiazole rings is 1. The summed E-state index contributed by atoms with van der Waals surface area (Å²) >= 11 is 1.48. The largest absolute Gasteiger partial charge is 0.497 e. The quantitative estimate of drug-likeness (QED) is 0.680. The fourth-order valence-electron chi connectivity index (χ4n) is 4.50. The lowest BCUT2D eigenvalue weighted by atomic mass is 9.89. The summed E-state index contributed by atoms with van der Waals surface area (Å²) in [6.07, 6.45) is 1.21. The van der Waals surface area contributed by atoms with E-state index < -0.39 is 0 Å². The molecule has 0 amide bonds. The Labute approximate surface area is 174 Å². The standard InChI is InChI=1S/C21H28N4O3S/c1-12-8-13(2)11-24(10-12)18(16-7-6-15(27-4)9-17(16)28-5)19-20(26)25-21(29-19)22-14(3)23-25/h6-7,9,12-13,18,26H,8,10-11H2,1-5H3/t12-,13-,18-/m0/s1. The van der Waals surface area contributed by atoms with Gasteiger partial charge in [-0.2, -0.15) is 4.52 Å². The summed E-state index contributed by atoms with van der Waals surface area (Å²) in [6, 6.07) is 5.74. The number of benzene rings is 1. The van der Waals surface area contributed by atoms with Crippen molar-refractivity contribution >= 4 is 16.3 Å². The van der Waals surface area contributed by atoms with Crippen LogP contribution in [0.4, 0.5) is 0 Å². The average molecular weight is 417 g/mol. The highest BCUT2D eigenvalue weighted by molar-refractivity contribution is 7.17. The van der Waals surface area contributed by atoms with Gasteiger partial charge in [0.15, 0.2) is 0 Å². The minimum Gasteiger partial charge on any atom is -0.497 e. The number of piperidine rings is 1. The van der Waals surface area contributed by atoms with Gasteiger partial charge in [0.05, 0.1) is 25.1 Å². The van der Waals surface area contributed by atoms with E-state index in [-0.39, 0.29) is 11.9 Å². The molecule has 3 atom stereocenters. The molecule has 3 aromatic rings. The lowest BCUT2D eigenvalue weighted by molar-refractivity contribution is 0.110. The van der Waals surface area contributed by atoms with Gasteiger partial charge >= 0.3 is 0 Å². The van der Waals surface area contributed by atoms with Crippen LogP contribution in [0.25, 0.3) is 4.96 Å². The van der Waals surface area contributed by atoms with Crippen LogP contribution in [0.2, 0.25) is 0 Å². The SMILES string of the molecule is COc1ccc([C@@H](c2sc3nc(C)nn3c2O)N2C[C@@H](C)C[C@H](C)C2)c(OC)c1. The molecule has 1 aliphatic heterocycles. The summed E-state index contributed by atoms with van der Waals surface area (Å²) in [5, 5.41) is 15.4. The summed E-state index contributed by atoms with van der Waals surface area (Å²) in [4.78, 5) is 8.44. The molecular weight excluding hydrogens is 388 g/mol. The van der Waals surface area contributed by atoms with Crippen molar-refractivity contribution in [2.24, 2.45) is 11.8 Å². The Bertz CT molecular complexity index is 1000. The summed E-state index contributed by atoms with van der Waals surface area (Å²) < 4.78 is 12.6. The number of likely N-dealkylation sites (tertiary alicyclic amines) is 1. The van der Waals surface area contributed by atoms with E-state index in [9.17, 15) is 5.11 Å². The zero-order chi connectivity index (χ0) is 20.7. The molecule has 156 valence electrons. The zero-order valence-electron chi connectivity index (χ0n) is 17.5. The van der Waals surface area contributed by atoms with E-state index in [0.29, 0.717) is 22.6 Å². The van der Waals surface area contributed by atoms with Crippen LogP contribution in [0.3, 0.4) is 0 Å². The number of hydrogen-bond donors (Lipinski definition) is 1. The van der Waals surface area contributed by atoms with Crippen molar-refractivity contribution < 1.29 is 14.6 Å². The van der Waals surface area contributed by atoms with E-state index in [1.54, 1.807) is 14.2 Å². The third-order valence-corrected chi connectivity index (χ3v) is 6.62. The fourth-order valence-corrected chi connectivity index (χ4v) is 5.65. The maximum atomic E-state index is 11.0. The molecule has 1 aromatic carbocycles. The highest BCUT2D eigenvalue weighted by Gasteiger charge is 2.35. The molecule has 2 aromatic heterocycles. The second kappa shape index (κ2) is 7.84. The molecule has 0 bridgehead atoms. The van der Waals surface area contributed by atoms with Gasteiger partial charge < -0.3 is 14.6 Å². The number of methoxy groups -OCH3 is 2. The molecule has 0 aliphatic carbocycles. The average Bonchev–Trinajstić information content (AvgIpc) is 3.19. The van der Waals surface area contributed by atoms with Gasteiger partial charge in [-0.15, -0.1) is 5.10 Å². The van der Waals surface area contributed by atoms with E-state index in [4.69, 9.17) is 9.47 Å². The first-order valence-electron chi connectivity index (χ1n) is 9.92. The summed E-state index contributed by atoms with van der Waals surface area (Å²) in [6.45, 7) is 8.32. The van der Waals surface area contributed by atoms with Gasteiger partial charge in [-0.25, -0.2) is 4.98 Å². The maximum absolute atomic E-state index is 11.0. The van der Waals surface area contributed by atoms with Crippen LogP contribution in [-0.2, 0) is 0 Å². The number of ether oxygens (including phenoxy) is 2. The van der Waals surface area contributed by atoms with E-state index >= 15 is 0 Å².